The zero-order valence-electron chi connectivity index (χ0n) is 19.5. The van der Waals surface area contributed by atoms with Crippen LogP contribution in [0.15, 0.2) is 39.5 Å². The third-order valence-corrected chi connectivity index (χ3v) is 6.17. The van der Waals surface area contributed by atoms with Gasteiger partial charge in [-0.05, 0) is 12.1 Å². The van der Waals surface area contributed by atoms with E-state index in [2.05, 4.69) is 0 Å². The van der Waals surface area contributed by atoms with Crippen molar-refractivity contribution >= 4 is 28.4 Å². The Morgan fingerprint density at radius 1 is 1.03 bits per heavy atom. The number of halogens is 2. The molecule has 184 valence electrons. The smallest absolute Gasteiger partial charge is 0.253 e. The number of nitrogens with zero attached hydrogens (tertiary/aromatic N) is 3. The number of fused-ring (bicyclic) bond motifs is 2. The highest BCUT2D eigenvalue weighted by molar-refractivity contribution is 5.98. The number of rotatable bonds is 4. The predicted octanol–water partition coefficient (Wildman–Crippen LogP) is 3.01. The minimum Gasteiger partial charge on any atom is -0.486 e. The number of carbonyl (C=O) groups is 1. The fourth-order valence-electron chi connectivity index (χ4n) is 4.43. The van der Waals surface area contributed by atoms with Crippen LogP contribution >= 0.6 is 0 Å². The number of anilines is 2. The average Bonchev–Trinajstić information content (AvgIpc) is 2.84. The van der Waals surface area contributed by atoms with Crippen molar-refractivity contribution in [2.45, 2.75) is 6.54 Å². The Morgan fingerprint density at radius 3 is 2.54 bits per heavy atom. The molecule has 0 N–H and O–H groups in total. The highest BCUT2D eigenvalue weighted by Crippen LogP contribution is 2.37. The van der Waals surface area contributed by atoms with Crippen LogP contribution in [0.1, 0.15) is 15.9 Å². The van der Waals surface area contributed by atoms with E-state index in [0.717, 1.165) is 6.07 Å². The van der Waals surface area contributed by atoms with Crippen molar-refractivity contribution in [2.24, 2.45) is 0 Å². The highest BCUT2D eigenvalue weighted by atomic mass is 19.1. The number of amides is 1. The maximum Gasteiger partial charge on any atom is 0.253 e. The molecule has 2 aliphatic rings. The van der Waals surface area contributed by atoms with E-state index in [0.29, 0.717) is 55.4 Å². The fourth-order valence-corrected chi connectivity index (χ4v) is 4.43. The molecule has 0 radical (unpaired) electrons. The van der Waals surface area contributed by atoms with Gasteiger partial charge in [0.25, 0.3) is 5.91 Å². The lowest BCUT2D eigenvalue weighted by Gasteiger charge is -2.32. The molecule has 0 saturated carbocycles. The van der Waals surface area contributed by atoms with Gasteiger partial charge in [-0.3, -0.25) is 9.59 Å². The molecule has 35 heavy (non-hydrogen) atoms. The molecule has 0 atom stereocenters. The summed E-state index contributed by atoms with van der Waals surface area (Å²) in [6.07, 6.45) is 0. The van der Waals surface area contributed by atoms with Crippen molar-refractivity contribution in [3.63, 3.8) is 0 Å². The Hall–Kier alpha value is -3.66. The first-order chi connectivity index (χ1) is 16.8. The molecule has 8 nitrogen and oxygen atoms in total. The molecule has 1 amide bonds. The quantitative estimate of drug-likeness (QED) is 0.563. The lowest BCUT2D eigenvalue weighted by molar-refractivity contribution is 0.0827. The summed E-state index contributed by atoms with van der Waals surface area (Å²) in [6.45, 7) is 2.91. The summed E-state index contributed by atoms with van der Waals surface area (Å²) < 4.78 is 45.5. The Bertz CT molecular complexity index is 1350. The van der Waals surface area contributed by atoms with Crippen LogP contribution in [0.3, 0.4) is 0 Å². The fraction of sp³-hybridized carbons (Fsp3) is 0.360. The number of hydrogen-bond donors (Lipinski definition) is 0. The SMILES string of the molecule is CN(C)C(=O)c1cc(CN2CCOc3c(F)cc(F)cc32)c2oc(N3CCOCC3)cc(=O)c2c1. The molecule has 2 aliphatic heterocycles. The number of benzene rings is 2. The van der Waals surface area contributed by atoms with Gasteiger partial charge in [-0.2, -0.15) is 0 Å². The van der Waals surface area contributed by atoms with Crippen molar-refractivity contribution in [1.82, 2.24) is 4.90 Å². The molecule has 1 fully saturated rings. The average molecular weight is 485 g/mol. The molecule has 1 saturated heterocycles. The lowest BCUT2D eigenvalue weighted by atomic mass is 10.0. The standard InChI is InChI=1S/C25H25F2N3O5/c1-28(2)25(32)15-9-16(14-30-5-8-34-24-19(27)11-17(26)12-20(24)30)23-18(10-15)21(31)13-22(35-23)29-3-6-33-7-4-29/h9-13H,3-8,14H2,1-2H3. The van der Waals surface area contributed by atoms with Gasteiger partial charge in [-0.15, -0.1) is 0 Å². The molecule has 1 aromatic heterocycles. The maximum absolute atomic E-state index is 14.4. The molecule has 0 bridgehead atoms. The van der Waals surface area contributed by atoms with E-state index in [1.54, 1.807) is 25.1 Å². The predicted molar refractivity (Wildman–Crippen MR) is 126 cm³/mol. The molecule has 3 aromatic rings. The molecule has 5 rings (SSSR count). The number of carbonyl (C=O) groups excluding carboxylic acids is 1. The van der Waals surface area contributed by atoms with E-state index >= 15 is 0 Å². The minimum absolute atomic E-state index is 0.0297. The van der Waals surface area contributed by atoms with Gasteiger partial charge in [-0.25, -0.2) is 8.78 Å². The molecular formula is C25H25F2N3O5. The Morgan fingerprint density at radius 2 is 1.80 bits per heavy atom. The highest BCUT2D eigenvalue weighted by Gasteiger charge is 2.26. The van der Waals surface area contributed by atoms with Gasteiger partial charge in [0, 0.05) is 63.1 Å². The van der Waals surface area contributed by atoms with Gasteiger partial charge >= 0.3 is 0 Å². The van der Waals surface area contributed by atoms with Crippen LogP contribution in [-0.2, 0) is 11.3 Å². The second-order valence-corrected chi connectivity index (χ2v) is 8.77. The van der Waals surface area contributed by atoms with Crippen LogP contribution in [0.2, 0.25) is 0 Å². The van der Waals surface area contributed by atoms with E-state index in [-0.39, 0.29) is 41.3 Å². The summed E-state index contributed by atoms with van der Waals surface area (Å²) >= 11 is 0. The largest absolute Gasteiger partial charge is 0.486 e. The summed E-state index contributed by atoms with van der Waals surface area (Å²) in [5.74, 6) is -1.40. The molecule has 0 unspecified atom stereocenters. The zero-order chi connectivity index (χ0) is 24.7. The van der Waals surface area contributed by atoms with E-state index in [9.17, 15) is 18.4 Å². The van der Waals surface area contributed by atoms with Crippen molar-refractivity contribution in [3.05, 3.63) is 63.3 Å². The molecular weight excluding hydrogens is 460 g/mol. The first kappa shape index (κ1) is 23.1. The van der Waals surface area contributed by atoms with Crippen molar-refractivity contribution in [1.29, 1.82) is 0 Å². The minimum atomic E-state index is -0.785. The second-order valence-electron chi connectivity index (χ2n) is 8.77. The topological polar surface area (TPSA) is 75.5 Å². The van der Waals surface area contributed by atoms with Gasteiger partial charge in [0.2, 0.25) is 0 Å². The summed E-state index contributed by atoms with van der Waals surface area (Å²) in [5, 5.41) is 0.267. The van der Waals surface area contributed by atoms with E-state index in [1.807, 2.05) is 4.90 Å². The zero-order valence-corrected chi connectivity index (χ0v) is 19.5. The third kappa shape index (κ3) is 4.41. The van der Waals surface area contributed by atoms with Crippen LogP contribution in [0.4, 0.5) is 20.4 Å². The summed E-state index contributed by atoms with van der Waals surface area (Å²) in [5.41, 5.74) is 1.19. The molecule has 2 aromatic carbocycles. The maximum atomic E-state index is 14.4. The normalized spacial score (nSPS) is 15.7. The Labute approximate surface area is 200 Å². The van der Waals surface area contributed by atoms with Crippen LogP contribution in [0.5, 0.6) is 5.75 Å². The van der Waals surface area contributed by atoms with E-state index in [4.69, 9.17) is 13.9 Å². The lowest BCUT2D eigenvalue weighted by Crippen LogP contribution is -2.36. The van der Waals surface area contributed by atoms with Gasteiger partial charge < -0.3 is 28.6 Å². The molecule has 10 heteroatoms. The van der Waals surface area contributed by atoms with Gasteiger partial charge in [0.1, 0.15) is 18.0 Å². The van der Waals surface area contributed by atoms with Crippen LogP contribution in [-0.4, -0.2) is 64.4 Å². The van der Waals surface area contributed by atoms with Crippen LogP contribution in [0.25, 0.3) is 11.0 Å². The Balaban J connectivity index is 1.65. The summed E-state index contributed by atoms with van der Waals surface area (Å²) in [6, 6.07) is 6.62. The van der Waals surface area contributed by atoms with E-state index < -0.39 is 11.6 Å². The number of ether oxygens (including phenoxy) is 2. The monoisotopic (exact) mass is 485 g/mol. The van der Waals surface area contributed by atoms with Crippen LogP contribution < -0.4 is 20.0 Å². The van der Waals surface area contributed by atoms with Gasteiger partial charge in [0.05, 0.1) is 30.8 Å². The van der Waals surface area contributed by atoms with Crippen molar-refractivity contribution < 1.29 is 27.5 Å². The second kappa shape index (κ2) is 9.18. The van der Waals surface area contributed by atoms with Crippen molar-refractivity contribution in [2.75, 3.05) is 63.4 Å². The molecule has 0 aliphatic carbocycles. The van der Waals surface area contributed by atoms with E-state index in [1.165, 1.54) is 23.1 Å². The summed E-state index contributed by atoms with van der Waals surface area (Å²) in [4.78, 5) is 31.0. The van der Waals surface area contributed by atoms with Crippen LogP contribution in [0, 0.1) is 11.6 Å². The number of morpholine rings is 1. The first-order valence-electron chi connectivity index (χ1n) is 11.3. The molecule has 0 spiro atoms. The Kier molecular flexibility index (Phi) is 6.06. The van der Waals surface area contributed by atoms with Crippen molar-refractivity contribution in [3.8, 4) is 5.75 Å². The summed E-state index contributed by atoms with van der Waals surface area (Å²) in [7, 11) is 3.25. The first-order valence-corrected chi connectivity index (χ1v) is 11.3. The van der Waals surface area contributed by atoms with Gasteiger partial charge in [0.15, 0.2) is 22.9 Å². The van der Waals surface area contributed by atoms with Gasteiger partial charge in [-0.1, -0.05) is 0 Å². The number of hydrogen-bond acceptors (Lipinski definition) is 7. The third-order valence-electron chi connectivity index (χ3n) is 6.17. The molecule has 3 heterocycles.